The average Bonchev–Trinajstić information content (AvgIpc) is 2.46. The van der Waals surface area contributed by atoms with Crippen LogP contribution < -0.4 is 5.73 Å². The number of nitrogens with zero attached hydrogens (tertiary/aromatic N) is 2. The van der Waals surface area contributed by atoms with E-state index >= 15 is 0 Å². The molecule has 1 heterocycles. The molecular formula is C15H20ClN3O2. The van der Waals surface area contributed by atoms with E-state index < -0.39 is 6.04 Å². The van der Waals surface area contributed by atoms with E-state index in [4.69, 9.17) is 17.3 Å². The number of nitrogens with two attached hydrogens (primary N) is 1. The quantitative estimate of drug-likeness (QED) is 0.902. The van der Waals surface area contributed by atoms with Gasteiger partial charge < -0.3 is 15.5 Å². The molecule has 2 rings (SSSR count). The molecule has 1 aromatic rings. The number of hydrogen-bond donors (Lipinski definition) is 1. The molecule has 0 bridgehead atoms. The van der Waals surface area contributed by atoms with E-state index in [2.05, 4.69) is 0 Å². The lowest BCUT2D eigenvalue weighted by Crippen LogP contribution is -2.54. The van der Waals surface area contributed by atoms with Crippen molar-refractivity contribution in [3.8, 4) is 0 Å². The molecule has 5 nitrogen and oxygen atoms in total. The molecule has 0 saturated carbocycles. The smallest absolute Gasteiger partial charge is 0.239 e. The van der Waals surface area contributed by atoms with Crippen LogP contribution in [0.3, 0.4) is 0 Å². The molecule has 114 valence electrons. The first kappa shape index (κ1) is 15.8. The van der Waals surface area contributed by atoms with Crippen molar-refractivity contribution in [1.82, 2.24) is 9.80 Å². The van der Waals surface area contributed by atoms with Gasteiger partial charge in [-0.05, 0) is 24.1 Å². The summed E-state index contributed by atoms with van der Waals surface area (Å²) in [5, 5.41) is 0.641. The summed E-state index contributed by atoms with van der Waals surface area (Å²) in [5.41, 5.74) is 6.96. The lowest BCUT2D eigenvalue weighted by molar-refractivity contribution is -0.139. The summed E-state index contributed by atoms with van der Waals surface area (Å²) in [7, 11) is 0. The standard InChI is InChI=1S/C15H20ClN3O2/c1-11(20)18-5-7-19(8-6-18)15(21)14(17)10-12-3-2-4-13(16)9-12/h2-4,9,14H,5-8,10,17H2,1H3. The summed E-state index contributed by atoms with van der Waals surface area (Å²) in [4.78, 5) is 27.1. The molecule has 1 unspecified atom stereocenters. The number of rotatable bonds is 3. The van der Waals surface area contributed by atoms with Crippen LogP contribution in [-0.4, -0.2) is 53.8 Å². The Bertz CT molecular complexity index is 527. The van der Waals surface area contributed by atoms with Gasteiger partial charge in [-0.15, -0.1) is 0 Å². The van der Waals surface area contributed by atoms with Gasteiger partial charge in [0.15, 0.2) is 0 Å². The van der Waals surface area contributed by atoms with Gasteiger partial charge in [-0.2, -0.15) is 0 Å². The first-order valence-corrected chi connectivity index (χ1v) is 7.39. The summed E-state index contributed by atoms with van der Waals surface area (Å²) in [6, 6.07) is 6.79. The van der Waals surface area contributed by atoms with Gasteiger partial charge in [0.1, 0.15) is 0 Å². The molecule has 1 atom stereocenters. The largest absolute Gasteiger partial charge is 0.339 e. The maximum Gasteiger partial charge on any atom is 0.239 e. The monoisotopic (exact) mass is 309 g/mol. The van der Waals surface area contributed by atoms with Gasteiger partial charge in [0, 0.05) is 38.1 Å². The predicted octanol–water partition coefficient (Wildman–Crippen LogP) is 0.901. The second-order valence-corrected chi connectivity index (χ2v) is 5.71. The third-order valence-electron chi connectivity index (χ3n) is 3.70. The fourth-order valence-corrected chi connectivity index (χ4v) is 2.69. The first-order chi connectivity index (χ1) is 9.97. The Labute approximate surface area is 129 Å². The zero-order valence-electron chi connectivity index (χ0n) is 12.1. The normalized spacial score (nSPS) is 16.7. The average molecular weight is 310 g/mol. The van der Waals surface area contributed by atoms with E-state index in [0.717, 1.165) is 5.56 Å². The Balaban J connectivity index is 1.90. The van der Waals surface area contributed by atoms with Gasteiger partial charge in [0.25, 0.3) is 0 Å². The van der Waals surface area contributed by atoms with E-state index in [9.17, 15) is 9.59 Å². The van der Waals surface area contributed by atoms with Crippen molar-refractivity contribution in [1.29, 1.82) is 0 Å². The highest BCUT2D eigenvalue weighted by Crippen LogP contribution is 2.13. The molecule has 1 fully saturated rings. The van der Waals surface area contributed by atoms with Crippen LogP contribution in [0.25, 0.3) is 0 Å². The number of benzene rings is 1. The minimum absolute atomic E-state index is 0.0466. The van der Waals surface area contributed by atoms with Crippen LogP contribution in [0.5, 0.6) is 0 Å². The van der Waals surface area contributed by atoms with Crippen molar-refractivity contribution in [3.05, 3.63) is 34.9 Å². The van der Waals surface area contributed by atoms with Crippen LogP contribution >= 0.6 is 11.6 Å². The zero-order valence-corrected chi connectivity index (χ0v) is 12.8. The van der Waals surface area contributed by atoms with Crippen LogP contribution in [0.1, 0.15) is 12.5 Å². The molecule has 0 aromatic heterocycles. The number of carbonyl (C=O) groups excluding carboxylic acids is 2. The highest BCUT2D eigenvalue weighted by Gasteiger charge is 2.26. The van der Waals surface area contributed by atoms with Crippen molar-refractivity contribution >= 4 is 23.4 Å². The lowest BCUT2D eigenvalue weighted by Gasteiger charge is -2.35. The van der Waals surface area contributed by atoms with Gasteiger partial charge in [-0.25, -0.2) is 0 Å². The number of piperazine rings is 1. The highest BCUT2D eigenvalue weighted by molar-refractivity contribution is 6.30. The van der Waals surface area contributed by atoms with E-state index in [-0.39, 0.29) is 11.8 Å². The molecule has 21 heavy (non-hydrogen) atoms. The Morgan fingerprint density at radius 3 is 2.43 bits per heavy atom. The second kappa shape index (κ2) is 6.91. The topological polar surface area (TPSA) is 66.6 Å². The third-order valence-corrected chi connectivity index (χ3v) is 3.93. The molecule has 0 spiro atoms. The number of carbonyl (C=O) groups is 2. The molecule has 2 N–H and O–H groups in total. The minimum Gasteiger partial charge on any atom is -0.339 e. The third kappa shape index (κ3) is 4.19. The van der Waals surface area contributed by atoms with Crippen molar-refractivity contribution in [2.75, 3.05) is 26.2 Å². The maximum atomic E-state index is 12.3. The van der Waals surface area contributed by atoms with E-state index in [1.807, 2.05) is 18.2 Å². The van der Waals surface area contributed by atoms with Crippen LogP contribution in [-0.2, 0) is 16.0 Å². The lowest BCUT2D eigenvalue weighted by atomic mass is 10.1. The molecule has 1 aliphatic rings. The summed E-state index contributed by atoms with van der Waals surface area (Å²) in [5.74, 6) is -0.0245. The van der Waals surface area contributed by atoms with Crippen LogP contribution in [0.4, 0.5) is 0 Å². The Kier molecular flexibility index (Phi) is 5.20. The highest BCUT2D eigenvalue weighted by atomic mass is 35.5. The predicted molar refractivity (Wildman–Crippen MR) is 82.0 cm³/mol. The van der Waals surface area contributed by atoms with Gasteiger partial charge >= 0.3 is 0 Å². The van der Waals surface area contributed by atoms with E-state index in [1.165, 1.54) is 0 Å². The SMILES string of the molecule is CC(=O)N1CCN(C(=O)C(N)Cc2cccc(Cl)c2)CC1. The molecule has 2 amide bonds. The van der Waals surface area contributed by atoms with Gasteiger partial charge in [-0.3, -0.25) is 9.59 Å². The van der Waals surface area contributed by atoms with Crippen LogP contribution in [0.15, 0.2) is 24.3 Å². The zero-order chi connectivity index (χ0) is 15.4. The summed E-state index contributed by atoms with van der Waals surface area (Å²) in [6.45, 7) is 3.78. The minimum atomic E-state index is -0.577. The van der Waals surface area contributed by atoms with Crippen LogP contribution in [0.2, 0.25) is 5.02 Å². The van der Waals surface area contributed by atoms with Gasteiger partial charge in [0.05, 0.1) is 6.04 Å². The summed E-state index contributed by atoms with van der Waals surface area (Å²) < 4.78 is 0. The van der Waals surface area contributed by atoms with Crippen LogP contribution in [0, 0.1) is 0 Å². The van der Waals surface area contributed by atoms with Gasteiger partial charge in [0.2, 0.25) is 11.8 Å². The van der Waals surface area contributed by atoms with E-state index in [1.54, 1.807) is 22.8 Å². The summed E-state index contributed by atoms with van der Waals surface area (Å²) >= 11 is 5.93. The molecule has 1 aromatic carbocycles. The van der Waals surface area contributed by atoms with Crippen molar-refractivity contribution < 1.29 is 9.59 Å². The fraction of sp³-hybridized carbons (Fsp3) is 0.467. The molecule has 0 radical (unpaired) electrons. The van der Waals surface area contributed by atoms with Crippen molar-refractivity contribution in [2.24, 2.45) is 5.73 Å². The van der Waals surface area contributed by atoms with Crippen molar-refractivity contribution in [2.45, 2.75) is 19.4 Å². The Hall–Kier alpha value is -1.59. The Morgan fingerprint density at radius 1 is 1.24 bits per heavy atom. The number of halogens is 1. The molecule has 1 saturated heterocycles. The molecule has 0 aliphatic carbocycles. The van der Waals surface area contributed by atoms with E-state index in [0.29, 0.717) is 37.6 Å². The Morgan fingerprint density at radius 2 is 1.86 bits per heavy atom. The number of amides is 2. The molecule has 6 heteroatoms. The molecule has 1 aliphatic heterocycles. The van der Waals surface area contributed by atoms with Crippen molar-refractivity contribution in [3.63, 3.8) is 0 Å². The summed E-state index contributed by atoms with van der Waals surface area (Å²) in [6.07, 6.45) is 0.465. The fourth-order valence-electron chi connectivity index (χ4n) is 2.48. The number of hydrogen-bond acceptors (Lipinski definition) is 3. The molecular weight excluding hydrogens is 290 g/mol. The maximum absolute atomic E-state index is 12.3. The second-order valence-electron chi connectivity index (χ2n) is 5.27. The van der Waals surface area contributed by atoms with Gasteiger partial charge in [-0.1, -0.05) is 23.7 Å². The first-order valence-electron chi connectivity index (χ1n) is 7.01.